The maximum Gasteiger partial charge on any atom is 0.224 e. The van der Waals surface area contributed by atoms with E-state index < -0.39 is 0 Å². The van der Waals surface area contributed by atoms with Crippen LogP contribution < -0.4 is 5.32 Å². The predicted molar refractivity (Wildman–Crippen MR) is 91.3 cm³/mol. The molecule has 2 aromatic heterocycles. The molecule has 0 bridgehead atoms. The summed E-state index contributed by atoms with van der Waals surface area (Å²) in [6.07, 6.45) is 3.80. The van der Waals surface area contributed by atoms with Gasteiger partial charge in [0.05, 0.1) is 23.5 Å². The fraction of sp³-hybridized carbons (Fsp3) is 0.412. The lowest BCUT2D eigenvalue weighted by atomic mass is 10.1. The number of para-hydroxylation sites is 2. The number of carbonyl (C=O) groups excluding carboxylic acids is 1. The van der Waals surface area contributed by atoms with Crippen LogP contribution in [0.3, 0.4) is 0 Å². The van der Waals surface area contributed by atoms with Gasteiger partial charge in [0.15, 0.2) is 0 Å². The number of hydrogen-bond acceptors (Lipinski definition) is 4. The van der Waals surface area contributed by atoms with Gasteiger partial charge in [-0.05, 0) is 19.1 Å². The van der Waals surface area contributed by atoms with E-state index in [1.54, 1.807) is 11.0 Å². The first-order valence-electron chi connectivity index (χ1n) is 8.23. The summed E-state index contributed by atoms with van der Waals surface area (Å²) in [5.74, 6) is 0.865. The smallest absolute Gasteiger partial charge is 0.224 e. The van der Waals surface area contributed by atoms with Gasteiger partial charge in [0.25, 0.3) is 0 Å². The minimum absolute atomic E-state index is 0.0182. The van der Waals surface area contributed by atoms with Gasteiger partial charge in [0, 0.05) is 19.5 Å². The minimum Gasteiger partial charge on any atom is -0.355 e. The monoisotopic (exact) mass is 326 g/mol. The van der Waals surface area contributed by atoms with E-state index in [-0.39, 0.29) is 11.8 Å². The van der Waals surface area contributed by atoms with Crippen molar-refractivity contribution in [1.29, 1.82) is 0 Å². The SMILES string of the molecule is CCn1c(CCNC(=O)[C@@H](C)Cn2cncn2)nc2ccccc21. The van der Waals surface area contributed by atoms with Crippen LogP contribution in [0.1, 0.15) is 19.7 Å². The minimum atomic E-state index is -0.156. The highest BCUT2D eigenvalue weighted by Gasteiger charge is 2.14. The molecule has 0 spiro atoms. The maximum absolute atomic E-state index is 12.2. The third-order valence-electron chi connectivity index (χ3n) is 4.07. The number of aryl methyl sites for hydroxylation is 1. The molecule has 1 amide bonds. The van der Waals surface area contributed by atoms with E-state index in [0.717, 1.165) is 23.4 Å². The molecule has 0 unspecified atom stereocenters. The zero-order chi connectivity index (χ0) is 16.9. The number of nitrogens with zero attached hydrogens (tertiary/aromatic N) is 5. The van der Waals surface area contributed by atoms with Gasteiger partial charge in [-0.1, -0.05) is 19.1 Å². The molecule has 3 aromatic rings. The van der Waals surface area contributed by atoms with Crippen molar-refractivity contribution in [3.63, 3.8) is 0 Å². The van der Waals surface area contributed by atoms with Crippen molar-refractivity contribution >= 4 is 16.9 Å². The van der Waals surface area contributed by atoms with Crippen LogP contribution in [-0.4, -0.2) is 36.8 Å². The number of amides is 1. The summed E-state index contributed by atoms with van der Waals surface area (Å²) in [5, 5.41) is 7.01. The highest BCUT2D eigenvalue weighted by molar-refractivity contribution is 5.78. The van der Waals surface area contributed by atoms with E-state index in [2.05, 4.69) is 37.9 Å². The predicted octanol–water partition coefficient (Wildman–Crippen LogP) is 1.64. The number of nitrogens with one attached hydrogen (secondary N) is 1. The summed E-state index contributed by atoms with van der Waals surface area (Å²) in [7, 11) is 0. The van der Waals surface area contributed by atoms with Crippen molar-refractivity contribution in [2.75, 3.05) is 6.54 Å². The molecule has 0 saturated carbocycles. The molecule has 3 rings (SSSR count). The van der Waals surface area contributed by atoms with Crippen LogP contribution in [0.2, 0.25) is 0 Å². The second-order valence-corrected chi connectivity index (χ2v) is 5.82. The summed E-state index contributed by atoms with van der Waals surface area (Å²) >= 11 is 0. The Morgan fingerprint density at radius 1 is 1.33 bits per heavy atom. The number of benzene rings is 1. The number of carbonyl (C=O) groups is 1. The largest absolute Gasteiger partial charge is 0.355 e. The standard InChI is InChI=1S/C17H22N6O/c1-3-23-15-7-5-4-6-14(15)21-16(23)8-9-19-17(24)13(2)10-22-12-18-11-20-22/h4-7,11-13H,3,8-10H2,1-2H3,(H,19,24)/t13-/m0/s1. The van der Waals surface area contributed by atoms with Crippen molar-refractivity contribution < 1.29 is 4.79 Å². The summed E-state index contributed by atoms with van der Waals surface area (Å²) in [6, 6.07) is 8.11. The summed E-state index contributed by atoms with van der Waals surface area (Å²) < 4.78 is 3.86. The quantitative estimate of drug-likeness (QED) is 0.716. The second kappa shape index (κ2) is 7.25. The van der Waals surface area contributed by atoms with Crippen LogP contribution in [0.5, 0.6) is 0 Å². The highest BCUT2D eigenvalue weighted by Crippen LogP contribution is 2.16. The molecule has 1 aromatic carbocycles. The molecule has 1 atom stereocenters. The Morgan fingerprint density at radius 3 is 2.92 bits per heavy atom. The molecule has 0 aliphatic carbocycles. The number of hydrogen-bond donors (Lipinski definition) is 1. The zero-order valence-corrected chi connectivity index (χ0v) is 14.0. The molecule has 24 heavy (non-hydrogen) atoms. The normalized spacial score (nSPS) is 12.4. The first-order valence-corrected chi connectivity index (χ1v) is 8.23. The van der Waals surface area contributed by atoms with Gasteiger partial charge >= 0.3 is 0 Å². The second-order valence-electron chi connectivity index (χ2n) is 5.82. The van der Waals surface area contributed by atoms with Gasteiger partial charge in [-0.15, -0.1) is 0 Å². The van der Waals surface area contributed by atoms with Crippen LogP contribution in [0, 0.1) is 5.92 Å². The lowest BCUT2D eigenvalue weighted by molar-refractivity contribution is -0.124. The fourth-order valence-corrected chi connectivity index (χ4v) is 2.83. The lowest BCUT2D eigenvalue weighted by Gasteiger charge is -2.12. The van der Waals surface area contributed by atoms with Crippen LogP contribution in [0.15, 0.2) is 36.9 Å². The summed E-state index contributed by atoms with van der Waals surface area (Å²) in [5.41, 5.74) is 2.14. The number of rotatable bonds is 7. The Kier molecular flexibility index (Phi) is 4.88. The zero-order valence-electron chi connectivity index (χ0n) is 14.0. The molecular weight excluding hydrogens is 304 g/mol. The molecule has 0 radical (unpaired) electrons. The van der Waals surface area contributed by atoms with Crippen molar-refractivity contribution in [3.8, 4) is 0 Å². The fourth-order valence-electron chi connectivity index (χ4n) is 2.83. The number of imidazole rings is 1. The first-order chi connectivity index (χ1) is 11.7. The van der Waals surface area contributed by atoms with Crippen molar-refractivity contribution in [2.24, 2.45) is 5.92 Å². The van der Waals surface area contributed by atoms with Gasteiger partial charge in [-0.3, -0.25) is 9.48 Å². The van der Waals surface area contributed by atoms with Crippen LogP contribution in [0.4, 0.5) is 0 Å². The Hall–Kier alpha value is -2.70. The van der Waals surface area contributed by atoms with E-state index in [4.69, 9.17) is 0 Å². The number of fused-ring (bicyclic) bond motifs is 1. The van der Waals surface area contributed by atoms with Crippen LogP contribution in [0.25, 0.3) is 11.0 Å². The van der Waals surface area contributed by atoms with E-state index in [0.29, 0.717) is 19.5 Å². The molecular formula is C17H22N6O. The Balaban J connectivity index is 1.57. The summed E-state index contributed by atoms with van der Waals surface area (Å²) in [6.45, 7) is 5.96. The molecule has 0 aliphatic rings. The molecule has 0 saturated heterocycles. The Bertz CT molecular complexity index is 808. The van der Waals surface area contributed by atoms with E-state index in [9.17, 15) is 4.79 Å². The van der Waals surface area contributed by atoms with E-state index in [1.807, 2.05) is 25.1 Å². The average molecular weight is 326 g/mol. The Morgan fingerprint density at radius 2 is 2.17 bits per heavy atom. The first kappa shape index (κ1) is 16.2. The summed E-state index contributed by atoms with van der Waals surface area (Å²) in [4.78, 5) is 20.7. The van der Waals surface area contributed by atoms with Gasteiger partial charge in [0.1, 0.15) is 18.5 Å². The van der Waals surface area contributed by atoms with Crippen LogP contribution in [-0.2, 0) is 24.3 Å². The van der Waals surface area contributed by atoms with Gasteiger partial charge in [0.2, 0.25) is 5.91 Å². The number of aromatic nitrogens is 5. The van der Waals surface area contributed by atoms with E-state index >= 15 is 0 Å². The lowest BCUT2D eigenvalue weighted by Crippen LogP contribution is -2.33. The van der Waals surface area contributed by atoms with E-state index in [1.165, 1.54) is 6.33 Å². The van der Waals surface area contributed by atoms with Crippen LogP contribution >= 0.6 is 0 Å². The van der Waals surface area contributed by atoms with Crippen molar-refractivity contribution in [2.45, 2.75) is 33.4 Å². The highest BCUT2D eigenvalue weighted by atomic mass is 16.1. The Labute approximate surface area is 140 Å². The molecule has 1 N–H and O–H groups in total. The average Bonchev–Trinajstić information content (AvgIpc) is 3.21. The van der Waals surface area contributed by atoms with Gasteiger partial charge in [-0.25, -0.2) is 9.97 Å². The molecule has 7 heteroatoms. The molecule has 0 fully saturated rings. The molecule has 2 heterocycles. The molecule has 7 nitrogen and oxygen atoms in total. The van der Waals surface area contributed by atoms with Gasteiger partial charge in [-0.2, -0.15) is 5.10 Å². The molecule has 126 valence electrons. The van der Waals surface area contributed by atoms with Crippen molar-refractivity contribution in [3.05, 3.63) is 42.7 Å². The topological polar surface area (TPSA) is 77.6 Å². The maximum atomic E-state index is 12.2. The van der Waals surface area contributed by atoms with Gasteiger partial charge < -0.3 is 9.88 Å². The van der Waals surface area contributed by atoms with Crippen molar-refractivity contribution in [1.82, 2.24) is 29.6 Å². The third-order valence-corrected chi connectivity index (χ3v) is 4.07. The third kappa shape index (κ3) is 3.45. The molecule has 0 aliphatic heterocycles.